The molecule has 0 saturated carbocycles. The van der Waals surface area contributed by atoms with Crippen LogP contribution >= 0.6 is 0 Å². The van der Waals surface area contributed by atoms with Crippen LogP contribution in [0.5, 0.6) is 0 Å². The fourth-order valence-corrected chi connectivity index (χ4v) is 1.56. The molecule has 0 saturated heterocycles. The third kappa shape index (κ3) is 3.81. The molecule has 8 nitrogen and oxygen atoms in total. The van der Waals surface area contributed by atoms with E-state index in [1.54, 1.807) is 27.2 Å². The maximum absolute atomic E-state index is 11.7. The number of carbonyl (C=O) groups is 1. The van der Waals surface area contributed by atoms with Gasteiger partial charge in [0.1, 0.15) is 5.82 Å². The van der Waals surface area contributed by atoms with Gasteiger partial charge in [0.2, 0.25) is 11.7 Å². The Morgan fingerprint density at radius 2 is 2.05 bits per heavy atom. The number of nitro groups is 1. The van der Waals surface area contributed by atoms with Crippen LogP contribution in [0.25, 0.3) is 0 Å². The zero-order chi connectivity index (χ0) is 15.3. The molecule has 1 amide bonds. The maximum atomic E-state index is 11.7. The van der Waals surface area contributed by atoms with Crippen LogP contribution in [0.4, 0.5) is 17.3 Å². The van der Waals surface area contributed by atoms with Crippen molar-refractivity contribution in [1.29, 1.82) is 0 Å². The lowest BCUT2D eigenvalue weighted by atomic mass is 10.3. The number of amides is 1. The Morgan fingerprint density at radius 3 is 2.55 bits per heavy atom. The SMILES string of the molecule is CCNc1ccc([N+](=O)[O-])c(N(C)CC(=O)N(C)C)n1. The van der Waals surface area contributed by atoms with Gasteiger partial charge in [0.15, 0.2) is 0 Å². The average molecular weight is 281 g/mol. The Hall–Kier alpha value is -2.38. The van der Waals surface area contributed by atoms with E-state index >= 15 is 0 Å². The maximum Gasteiger partial charge on any atom is 0.311 e. The van der Waals surface area contributed by atoms with Crippen LogP contribution in [0.2, 0.25) is 0 Å². The van der Waals surface area contributed by atoms with Crippen LogP contribution in [-0.2, 0) is 4.79 Å². The molecule has 0 atom stereocenters. The van der Waals surface area contributed by atoms with Crippen molar-refractivity contribution in [3.05, 3.63) is 22.2 Å². The van der Waals surface area contributed by atoms with Crippen LogP contribution in [-0.4, -0.2) is 54.9 Å². The second kappa shape index (κ2) is 6.69. The summed E-state index contributed by atoms with van der Waals surface area (Å²) in [4.78, 5) is 29.3. The normalized spacial score (nSPS) is 10.0. The Labute approximate surface area is 117 Å². The van der Waals surface area contributed by atoms with Gasteiger partial charge in [-0.2, -0.15) is 0 Å². The highest BCUT2D eigenvalue weighted by atomic mass is 16.6. The minimum absolute atomic E-state index is 0.0242. The molecule has 0 fully saturated rings. The predicted octanol–water partition coefficient (Wildman–Crippen LogP) is 0.946. The summed E-state index contributed by atoms with van der Waals surface area (Å²) < 4.78 is 0. The molecular weight excluding hydrogens is 262 g/mol. The van der Waals surface area contributed by atoms with Crippen molar-refractivity contribution in [2.24, 2.45) is 0 Å². The van der Waals surface area contributed by atoms with Crippen LogP contribution in [0, 0.1) is 10.1 Å². The van der Waals surface area contributed by atoms with Gasteiger partial charge in [-0.15, -0.1) is 0 Å². The van der Waals surface area contributed by atoms with Crippen molar-refractivity contribution in [3.63, 3.8) is 0 Å². The van der Waals surface area contributed by atoms with Gasteiger partial charge in [-0.05, 0) is 13.0 Å². The first-order valence-electron chi connectivity index (χ1n) is 6.17. The molecule has 1 aromatic heterocycles. The number of aromatic nitrogens is 1. The summed E-state index contributed by atoms with van der Waals surface area (Å²) in [6.07, 6.45) is 0. The molecular formula is C12H19N5O3. The van der Waals surface area contributed by atoms with Crippen molar-refractivity contribution in [3.8, 4) is 0 Å². The third-order valence-corrected chi connectivity index (χ3v) is 2.64. The molecule has 1 rings (SSSR count). The van der Waals surface area contributed by atoms with Gasteiger partial charge in [-0.25, -0.2) is 4.98 Å². The molecule has 0 radical (unpaired) electrons. The summed E-state index contributed by atoms with van der Waals surface area (Å²) in [6, 6.07) is 2.93. The second-order valence-electron chi connectivity index (χ2n) is 4.47. The van der Waals surface area contributed by atoms with Gasteiger partial charge >= 0.3 is 5.69 Å². The van der Waals surface area contributed by atoms with E-state index in [-0.39, 0.29) is 24.0 Å². The van der Waals surface area contributed by atoms with Gasteiger partial charge in [0, 0.05) is 33.8 Å². The molecule has 0 aromatic carbocycles. The molecule has 0 unspecified atom stereocenters. The zero-order valence-corrected chi connectivity index (χ0v) is 12.1. The van der Waals surface area contributed by atoms with Gasteiger partial charge in [0.05, 0.1) is 11.5 Å². The largest absolute Gasteiger partial charge is 0.370 e. The molecule has 0 aliphatic carbocycles. The third-order valence-electron chi connectivity index (χ3n) is 2.64. The zero-order valence-electron chi connectivity index (χ0n) is 12.1. The van der Waals surface area contributed by atoms with E-state index in [9.17, 15) is 14.9 Å². The Morgan fingerprint density at radius 1 is 1.40 bits per heavy atom. The molecule has 1 aromatic rings. The number of pyridine rings is 1. The fourth-order valence-electron chi connectivity index (χ4n) is 1.56. The number of hydrogen-bond donors (Lipinski definition) is 1. The van der Waals surface area contributed by atoms with E-state index in [2.05, 4.69) is 10.3 Å². The van der Waals surface area contributed by atoms with Crippen LogP contribution in [0.1, 0.15) is 6.92 Å². The Balaban J connectivity index is 3.08. The van der Waals surface area contributed by atoms with E-state index in [1.807, 2.05) is 6.92 Å². The van der Waals surface area contributed by atoms with E-state index < -0.39 is 4.92 Å². The smallest absolute Gasteiger partial charge is 0.311 e. The first-order chi connectivity index (χ1) is 9.36. The Bertz CT molecular complexity index is 504. The second-order valence-corrected chi connectivity index (χ2v) is 4.47. The van der Waals surface area contributed by atoms with Crippen LogP contribution < -0.4 is 10.2 Å². The first kappa shape index (κ1) is 15.7. The molecule has 0 aliphatic heterocycles. The molecule has 0 spiro atoms. The number of carbonyl (C=O) groups excluding carboxylic acids is 1. The monoisotopic (exact) mass is 281 g/mol. The van der Waals surface area contributed by atoms with Crippen molar-refractivity contribution in [2.75, 3.05) is 44.4 Å². The lowest BCUT2D eigenvalue weighted by molar-refractivity contribution is -0.384. The summed E-state index contributed by atoms with van der Waals surface area (Å²) >= 11 is 0. The van der Waals surface area contributed by atoms with E-state index in [0.717, 1.165) is 0 Å². The minimum Gasteiger partial charge on any atom is -0.370 e. The molecule has 110 valence electrons. The lowest BCUT2D eigenvalue weighted by Gasteiger charge is -2.20. The molecule has 20 heavy (non-hydrogen) atoms. The fraction of sp³-hybridized carbons (Fsp3) is 0.500. The van der Waals surface area contributed by atoms with Gasteiger partial charge in [-0.3, -0.25) is 14.9 Å². The quantitative estimate of drug-likeness (QED) is 0.616. The predicted molar refractivity (Wildman–Crippen MR) is 77.0 cm³/mol. The number of rotatable bonds is 6. The summed E-state index contributed by atoms with van der Waals surface area (Å²) in [5.41, 5.74) is -0.124. The van der Waals surface area contributed by atoms with Crippen molar-refractivity contribution >= 4 is 23.2 Å². The molecule has 1 N–H and O–H groups in total. The van der Waals surface area contributed by atoms with E-state index in [0.29, 0.717) is 12.4 Å². The summed E-state index contributed by atoms with van der Waals surface area (Å²) in [6.45, 7) is 2.59. The highest BCUT2D eigenvalue weighted by Gasteiger charge is 2.21. The van der Waals surface area contributed by atoms with Crippen molar-refractivity contribution in [1.82, 2.24) is 9.88 Å². The first-order valence-corrected chi connectivity index (χ1v) is 6.17. The minimum atomic E-state index is -0.505. The van der Waals surface area contributed by atoms with Crippen molar-refractivity contribution < 1.29 is 9.72 Å². The molecule has 1 heterocycles. The average Bonchev–Trinajstić information content (AvgIpc) is 2.38. The molecule has 8 heteroatoms. The molecule has 0 bridgehead atoms. The van der Waals surface area contributed by atoms with Gasteiger partial charge < -0.3 is 15.1 Å². The standard InChI is InChI=1S/C12H19N5O3/c1-5-13-10-7-6-9(17(19)20)12(14-10)16(4)8-11(18)15(2)3/h6-7H,5,8H2,1-4H3,(H,13,14). The van der Waals surface area contributed by atoms with Gasteiger partial charge in [-0.1, -0.05) is 0 Å². The summed E-state index contributed by atoms with van der Waals surface area (Å²) in [5, 5.41) is 14.0. The molecule has 0 aliphatic rings. The van der Waals surface area contributed by atoms with E-state index in [1.165, 1.54) is 15.9 Å². The topological polar surface area (TPSA) is 91.6 Å². The van der Waals surface area contributed by atoms with Crippen LogP contribution in [0.3, 0.4) is 0 Å². The highest BCUT2D eigenvalue weighted by Crippen LogP contribution is 2.26. The van der Waals surface area contributed by atoms with Crippen LogP contribution in [0.15, 0.2) is 12.1 Å². The summed E-state index contributed by atoms with van der Waals surface area (Å²) in [5.74, 6) is 0.554. The lowest BCUT2D eigenvalue weighted by Crippen LogP contribution is -2.35. The number of nitrogens with one attached hydrogen (secondary N) is 1. The summed E-state index contributed by atoms with van der Waals surface area (Å²) in [7, 11) is 4.87. The number of anilines is 2. The van der Waals surface area contributed by atoms with Crippen molar-refractivity contribution in [2.45, 2.75) is 6.92 Å². The highest BCUT2D eigenvalue weighted by molar-refractivity contribution is 5.81. The number of likely N-dealkylation sites (N-methyl/N-ethyl adjacent to an activating group) is 2. The number of nitrogens with zero attached hydrogens (tertiary/aromatic N) is 4. The van der Waals surface area contributed by atoms with Gasteiger partial charge in [0.25, 0.3) is 0 Å². The van der Waals surface area contributed by atoms with E-state index in [4.69, 9.17) is 0 Å². The Kier molecular flexibility index (Phi) is 5.24. The number of hydrogen-bond acceptors (Lipinski definition) is 6.